The molecule has 29 heavy (non-hydrogen) atoms. The zero-order valence-electron chi connectivity index (χ0n) is 17.0. The molecule has 0 spiro atoms. The molecule has 2 aromatic rings. The number of nitrogens with zero attached hydrogens (tertiary/aromatic N) is 1. The molecule has 0 aliphatic rings. The van der Waals surface area contributed by atoms with E-state index in [0.717, 1.165) is 16.1 Å². The standard InChI is InChI=1S/C20H25ClN2O5S/c1-13(15-6-9-17(27-3)10-7-15)22-20(24)14(2)23(29(5,25)26)18-12-16(21)8-11-19(18)28-4/h6-14H,1-5H3,(H,22,24)/t13-,14+/m0/s1. The minimum atomic E-state index is -3.80. The number of halogens is 1. The zero-order chi connectivity index (χ0) is 21.8. The van der Waals surface area contributed by atoms with Crippen molar-refractivity contribution in [3.8, 4) is 11.5 Å². The predicted molar refractivity (Wildman–Crippen MR) is 114 cm³/mol. The van der Waals surface area contributed by atoms with Crippen LogP contribution in [0.3, 0.4) is 0 Å². The first kappa shape index (κ1) is 22.8. The van der Waals surface area contributed by atoms with Gasteiger partial charge in [-0.15, -0.1) is 0 Å². The van der Waals surface area contributed by atoms with E-state index in [1.807, 2.05) is 19.1 Å². The number of ether oxygens (including phenoxy) is 2. The van der Waals surface area contributed by atoms with Gasteiger partial charge in [-0.05, 0) is 49.7 Å². The molecule has 1 N–H and O–H groups in total. The molecule has 0 aromatic heterocycles. The fourth-order valence-electron chi connectivity index (χ4n) is 2.93. The van der Waals surface area contributed by atoms with E-state index in [9.17, 15) is 13.2 Å². The van der Waals surface area contributed by atoms with Crippen LogP contribution in [-0.4, -0.2) is 40.8 Å². The molecular formula is C20H25ClN2O5S. The van der Waals surface area contributed by atoms with E-state index < -0.39 is 22.0 Å². The molecule has 0 unspecified atom stereocenters. The second kappa shape index (κ2) is 9.37. The summed E-state index contributed by atoms with van der Waals surface area (Å²) in [5.74, 6) is 0.542. The van der Waals surface area contributed by atoms with E-state index >= 15 is 0 Å². The quantitative estimate of drug-likeness (QED) is 0.680. The molecule has 0 heterocycles. The second-order valence-electron chi connectivity index (χ2n) is 6.55. The lowest BCUT2D eigenvalue weighted by Crippen LogP contribution is -2.48. The summed E-state index contributed by atoms with van der Waals surface area (Å²) in [6.45, 7) is 3.33. The van der Waals surface area contributed by atoms with Gasteiger partial charge in [0, 0.05) is 5.02 Å². The van der Waals surface area contributed by atoms with Crippen molar-refractivity contribution in [3.05, 3.63) is 53.1 Å². The van der Waals surface area contributed by atoms with Gasteiger partial charge in [0.2, 0.25) is 15.9 Å². The Morgan fingerprint density at radius 2 is 1.69 bits per heavy atom. The molecule has 2 rings (SSSR count). The van der Waals surface area contributed by atoms with Gasteiger partial charge in [-0.2, -0.15) is 0 Å². The van der Waals surface area contributed by atoms with Crippen LogP contribution in [0.15, 0.2) is 42.5 Å². The third kappa shape index (κ3) is 5.55. The summed E-state index contributed by atoms with van der Waals surface area (Å²) in [7, 11) is -0.808. The summed E-state index contributed by atoms with van der Waals surface area (Å²) in [5.41, 5.74) is 1.06. The van der Waals surface area contributed by atoms with Gasteiger partial charge in [0.05, 0.1) is 32.2 Å². The Morgan fingerprint density at radius 1 is 1.07 bits per heavy atom. The van der Waals surface area contributed by atoms with Gasteiger partial charge in [-0.3, -0.25) is 9.10 Å². The van der Waals surface area contributed by atoms with Crippen LogP contribution < -0.4 is 19.1 Å². The van der Waals surface area contributed by atoms with Crippen LogP contribution in [0.4, 0.5) is 5.69 Å². The lowest BCUT2D eigenvalue weighted by molar-refractivity contribution is -0.122. The summed E-state index contributed by atoms with van der Waals surface area (Å²) >= 11 is 6.05. The van der Waals surface area contributed by atoms with Gasteiger partial charge >= 0.3 is 0 Å². The number of methoxy groups -OCH3 is 2. The number of anilines is 1. The van der Waals surface area contributed by atoms with Gasteiger partial charge in [0.25, 0.3) is 0 Å². The maximum atomic E-state index is 12.9. The zero-order valence-corrected chi connectivity index (χ0v) is 18.5. The van der Waals surface area contributed by atoms with Crippen molar-refractivity contribution in [3.63, 3.8) is 0 Å². The van der Waals surface area contributed by atoms with Crippen molar-refractivity contribution in [2.45, 2.75) is 25.9 Å². The average molecular weight is 441 g/mol. The molecule has 0 saturated carbocycles. The van der Waals surface area contributed by atoms with E-state index in [-0.39, 0.29) is 11.7 Å². The van der Waals surface area contributed by atoms with Crippen LogP contribution in [0.25, 0.3) is 0 Å². The molecule has 0 saturated heterocycles. The Hall–Kier alpha value is -2.45. The normalized spacial score (nSPS) is 13.3. The topological polar surface area (TPSA) is 84.9 Å². The minimum Gasteiger partial charge on any atom is -0.497 e. The number of benzene rings is 2. The monoisotopic (exact) mass is 440 g/mol. The molecule has 0 radical (unpaired) electrons. The maximum Gasteiger partial charge on any atom is 0.244 e. The summed E-state index contributed by atoms with van der Waals surface area (Å²) < 4.78 is 36.4. The van der Waals surface area contributed by atoms with E-state index in [4.69, 9.17) is 21.1 Å². The summed E-state index contributed by atoms with van der Waals surface area (Å²) in [5, 5.41) is 3.18. The third-order valence-electron chi connectivity index (χ3n) is 4.44. The molecule has 2 atom stereocenters. The average Bonchev–Trinajstić information content (AvgIpc) is 2.67. The van der Waals surface area contributed by atoms with Gasteiger partial charge < -0.3 is 14.8 Å². The van der Waals surface area contributed by atoms with E-state index in [0.29, 0.717) is 16.5 Å². The number of nitrogens with one attached hydrogen (secondary N) is 1. The van der Waals surface area contributed by atoms with E-state index in [1.54, 1.807) is 31.4 Å². The smallest absolute Gasteiger partial charge is 0.244 e. The number of rotatable bonds is 8. The first-order valence-electron chi connectivity index (χ1n) is 8.85. The second-order valence-corrected chi connectivity index (χ2v) is 8.85. The first-order chi connectivity index (χ1) is 13.6. The Labute approximate surface area is 176 Å². The Kier molecular flexibility index (Phi) is 7.37. The summed E-state index contributed by atoms with van der Waals surface area (Å²) in [6.07, 6.45) is 1.03. The van der Waals surface area contributed by atoms with Crippen LogP contribution in [-0.2, 0) is 14.8 Å². The lowest BCUT2D eigenvalue weighted by atomic mass is 10.1. The number of hydrogen-bond acceptors (Lipinski definition) is 5. The van der Waals surface area contributed by atoms with Gasteiger partial charge in [0.15, 0.2) is 0 Å². The van der Waals surface area contributed by atoms with Crippen molar-refractivity contribution in [1.29, 1.82) is 0 Å². The fraction of sp³-hybridized carbons (Fsp3) is 0.350. The van der Waals surface area contributed by atoms with Gasteiger partial charge in [0.1, 0.15) is 17.5 Å². The summed E-state index contributed by atoms with van der Waals surface area (Å²) in [4.78, 5) is 12.9. The number of carbonyl (C=O) groups excluding carboxylic acids is 1. The number of sulfonamides is 1. The Bertz CT molecular complexity index is 963. The van der Waals surface area contributed by atoms with Crippen LogP contribution in [0.2, 0.25) is 5.02 Å². The molecule has 7 nitrogen and oxygen atoms in total. The molecule has 1 amide bonds. The lowest BCUT2D eigenvalue weighted by Gasteiger charge is -2.30. The fourth-order valence-corrected chi connectivity index (χ4v) is 4.26. The van der Waals surface area contributed by atoms with Crippen LogP contribution in [0.1, 0.15) is 25.5 Å². The van der Waals surface area contributed by atoms with Gasteiger partial charge in [-0.1, -0.05) is 23.7 Å². The summed E-state index contributed by atoms with van der Waals surface area (Å²) in [6, 6.07) is 10.5. The van der Waals surface area contributed by atoms with Crippen LogP contribution >= 0.6 is 11.6 Å². The highest BCUT2D eigenvalue weighted by Gasteiger charge is 2.32. The predicted octanol–water partition coefficient (Wildman–Crippen LogP) is 3.39. The largest absolute Gasteiger partial charge is 0.497 e. The van der Waals surface area contributed by atoms with Crippen molar-refractivity contribution < 1.29 is 22.7 Å². The highest BCUT2D eigenvalue weighted by atomic mass is 35.5. The van der Waals surface area contributed by atoms with Crippen molar-refractivity contribution in [2.24, 2.45) is 0 Å². The number of amides is 1. The van der Waals surface area contributed by atoms with E-state index in [2.05, 4.69) is 5.32 Å². The van der Waals surface area contributed by atoms with Crippen LogP contribution in [0, 0.1) is 0 Å². The highest BCUT2D eigenvalue weighted by Crippen LogP contribution is 2.34. The molecule has 0 bridgehead atoms. The SMILES string of the molecule is COc1ccc([C@H](C)NC(=O)[C@@H](C)N(c2cc(Cl)ccc2OC)S(C)(=O)=O)cc1. The van der Waals surface area contributed by atoms with E-state index in [1.165, 1.54) is 20.1 Å². The van der Waals surface area contributed by atoms with Crippen LogP contribution in [0.5, 0.6) is 11.5 Å². The maximum absolute atomic E-state index is 12.9. The molecule has 0 fully saturated rings. The molecule has 0 aliphatic carbocycles. The molecule has 0 aliphatic heterocycles. The first-order valence-corrected chi connectivity index (χ1v) is 11.1. The number of carbonyl (C=O) groups is 1. The third-order valence-corrected chi connectivity index (χ3v) is 5.90. The molecule has 158 valence electrons. The minimum absolute atomic E-state index is 0.197. The number of hydrogen-bond donors (Lipinski definition) is 1. The van der Waals surface area contributed by atoms with Gasteiger partial charge in [-0.25, -0.2) is 8.42 Å². The molecule has 9 heteroatoms. The Morgan fingerprint density at radius 3 is 2.21 bits per heavy atom. The Balaban J connectivity index is 2.30. The highest BCUT2D eigenvalue weighted by molar-refractivity contribution is 7.92. The van der Waals surface area contributed by atoms with Crippen molar-refractivity contribution in [2.75, 3.05) is 24.8 Å². The molecular weight excluding hydrogens is 416 g/mol. The molecule has 2 aromatic carbocycles. The van der Waals surface area contributed by atoms with Crippen molar-refractivity contribution in [1.82, 2.24) is 5.32 Å². The van der Waals surface area contributed by atoms with Crippen molar-refractivity contribution >= 4 is 33.2 Å².